The van der Waals surface area contributed by atoms with Crippen LogP contribution >= 0.6 is 0 Å². The van der Waals surface area contributed by atoms with Crippen LogP contribution in [0.3, 0.4) is 0 Å². The second-order valence-corrected chi connectivity index (χ2v) is 8.31. The molecule has 4 aliphatic rings. The third-order valence-corrected chi connectivity index (χ3v) is 6.68. The summed E-state index contributed by atoms with van der Waals surface area (Å²) in [5, 5.41) is 3.51. The smallest absolute Gasteiger partial charge is 0.193 e. The molecule has 0 spiro atoms. The van der Waals surface area contributed by atoms with Crippen molar-refractivity contribution in [2.45, 2.75) is 64.2 Å². The van der Waals surface area contributed by atoms with Crippen molar-refractivity contribution >= 4 is 5.96 Å². The van der Waals surface area contributed by atoms with Gasteiger partial charge in [-0.1, -0.05) is 0 Å². The molecule has 4 atom stereocenters. The Kier molecular flexibility index (Phi) is 4.39. The number of likely N-dealkylation sites (tertiary alicyclic amines) is 1. The van der Waals surface area contributed by atoms with Gasteiger partial charge in [0.15, 0.2) is 5.96 Å². The topological polar surface area (TPSA) is 54.7 Å². The Morgan fingerprint density at radius 2 is 2.08 bits per heavy atom. The van der Waals surface area contributed by atoms with Crippen LogP contribution in [0.2, 0.25) is 0 Å². The maximum absolute atomic E-state index is 6.11. The molecule has 142 valence electrons. The number of hydrogen-bond acceptors (Lipinski definition) is 3. The van der Waals surface area contributed by atoms with E-state index < -0.39 is 0 Å². The molecule has 6 heteroatoms. The SMILES string of the molecule is CCNC(=NCCc1cn2c(n1)CCCC2)N1CC2C3CCC(O3)C2C1. The van der Waals surface area contributed by atoms with Crippen molar-refractivity contribution in [1.29, 1.82) is 0 Å². The second-order valence-electron chi connectivity index (χ2n) is 8.31. The van der Waals surface area contributed by atoms with Crippen LogP contribution < -0.4 is 5.32 Å². The lowest BCUT2D eigenvalue weighted by atomic mass is 9.82. The van der Waals surface area contributed by atoms with Crippen molar-refractivity contribution in [2.24, 2.45) is 16.8 Å². The predicted molar refractivity (Wildman–Crippen MR) is 101 cm³/mol. The van der Waals surface area contributed by atoms with Crippen LogP contribution in [-0.4, -0.2) is 58.8 Å². The number of ether oxygens (including phenoxy) is 1. The highest BCUT2D eigenvalue weighted by Crippen LogP contribution is 2.47. The minimum absolute atomic E-state index is 0.509. The number of aliphatic imine (C=N–C) groups is 1. The summed E-state index contributed by atoms with van der Waals surface area (Å²) < 4.78 is 8.45. The Morgan fingerprint density at radius 1 is 1.27 bits per heavy atom. The fourth-order valence-electron chi connectivity index (χ4n) is 5.43. The van der Waals surface area contributed by atoms with Crippen molar-refractivity contribution in [2.75, 3.05) is 26.2 Å². The molecule has 26 heavy (non-hydrogen) atoms. The Morgan fingerprint density at radius 3 is 2.81 bits per heavy atom. The van der Waals surface area contributed by atoms with Gasteiger partial charge in [-0.15, -0.1) is 0 Å². The lowest BCUT2D eigenvalue weighted by Crippen LogP contribution is -2.41. The monoisotopic (exact) mass is 357 g/mol. The molecule has 2 bridgehead atoms. The number of guanidine groups is 1. The quantitative estimate of drug-likeness (QED) is 0.660. The van der Waals surface area contributed by atoms with Gasteiger partial charge in [-0.25, -0.2) is 4.98 Å². The first-order valence-electron chi connectivity index (χ1n) is 10.6. The molecule has 1 aromatic rings. The van der Waals surface area contributed by atoms with Crippen LogP contribution in [0.1, 0.15) is 44.1 Å². The van der Waals surface area contributed by atoms with Crippen LogP contribution in [0.15, 0.2) is 11.2 Å². The number of hydrogen-bond donors (Lipinski definition) is 1. The molecule has 5 heterocycles. The summed E-state index contributed by atoms with van der Waals surface area (Å²) in [6.07, 6.45) is 10.4. The fraction of sp³-hybridized carbons (Fsp3) is 0.800. The summed E-state index contributed by atoms with van der Waals surface area (Å²) >= 11 is 0. The van der Waals surface area contributed by atoms with Gasteiger partial charge in [-0.05, 0) is 32.6 Å². The first-order chi connectivity index (χ1) is 12.8. The Balaban J connectivity index is 1.22. The molecule has 3 saturated heterocycles. The van der Waals surface area contributed by atoms with E-state index >= 15 is 0 Å². The van der Waals surface area contributed by atoms with Crippen molar-refractivity contribution in [3.05, 3.63) is 17.7 Å². The highest BCUT2D eigenvalue weighted by atomic mass is 16.5. The molecule has 4 aliphatic heterocycles. The number of aryl methyl sites for hydroxylation is 2. The van der Waals surface area contributed by atoms with Crippen molar-refractivity contribution in [3.63, 3.8) is 0 Å². The Hall–Kier alpha value is -1.56. The van der Waals surface area contributed by atoms with E-state index in [-0.39, 0.29) is 0 Å². The molecule has 5 rings (SSSR count). The summed E-state index contributed by atoms with van der Waals surface area (Å²) in [4.78, 5) is 12.2. The standard InChI is InChI=1S/C20H31N5O/c1-2-21-20(25-12-15-16(13-25)18-7-6-17(15)26-18)22-9-8-14-11-24-10-4-3-5-19(24)23-14/h11,15-18H,2-10,12-13H2,1H3,(H,21,22). The van der Waals surface area contributed by atoms with Gasteiger partial charge >= 0.3 is 0 Å². The molecule has 4 unspecified atom stereocenters. The van der Waals surface area contributed by atoms with E-state index in [1.54, 1.807) is 0 Å². The maximum atomic E-state index is 6.11. The lowest BCUT2D eigenvalue weighted by molar-refractivity contribution is 0.0767. The van der Waals surface area contributed by atoms with Gasteiger partial charge in [0.1, 0.15) is 5.82 Å². The summed E-state index contributed by atoms with van der Waals surface area (Å²) in [6, 6.07) is 0. The average molecular weight is 358 g/mol. The summed E-state index contributed by atoms with van der Waals surface area (Å²) in [6.45, 7) is 7.24. The van der Waals surface area contributed by atoms with Gasteiger partial charge in [-0.3, -0.25) is 4.99 Å². The predicted octanol–water partition coefficient (Wildman–Crippen LogP) is 1.84. The summed E-state index contributed by atoms with van der Waals surface area (Å²) in [5.74, 6) is 3.80. The van der Waals surface area contributed by atoms with Gasteiger partial charge in [0.2, 0.25) is 0 Å². The molecule has 1 aromatic heterocycles. The van der Waals surface area contributed by atoms with Crippen LogP contribution in [0, 0.1) is 11.8 Å². The number of aromatic nitrogens is 2. The molecule has 0 amide bonds. The minimum atomic E-state index is 0.509. The average Bonchev–Trinajstić information content (AvgIpc) is 3.40. The normalized spacial score (nSPS) is 32.8. The van der Waals surface area contributed by atoms with Crippen LogP contribution in [0.25, 0.3) is 0 Å². The van der Waals surface area contributed by atoms with Gasteiger partial charge in [0, 0.05) is 63.6 Å². The van der Waals surface area contributed by atoms with E-state index in [1.165, 1.54) is 37.2 Å². The van der Waals surface area contributed by atoms with E-state index in [0.717, 1.165) is 63.4 Å². The van der Waals surface area contributed by atoms with Crippen LogP contribution in [0.4, 0.5) is 0 Å². The number of fused-ring (bicyclic) bond motifs is 6. The molecule has 0 radical (unpaired) electrons. The third-order valence-electron chi connectivity index (χ3n) is 6.68. The van der Waals surface area contributed by atoms with E-state index in [0.29, 0.717) is 12.2 Å². The third kappa shape index (κ3) is 2.92. The van der Waals surface area contributed by atoms with Gasteiger partial charge in [0.05, 0.1) is 17.9 Å². The molecule has 0 aliphatic carbocycles. The molecular weight excluding hydrogens is 326 g/mol. The zero-order chi connectivity index (χ0) is 17.5. The zero-order valence-electron chi connectivity index (χ0n) is 15.9. The zero-order valence-corrected chi connectivity index (χ0v) is 15.9. The molecule has 0 aromatic carbocycles. The van der Waals surface area contributed by atoms with Crippen molar-refractivity contribution in [3.8, 4) is 0 Å². The highest BCUT2D eigenvalue weighted by molar-refractivity contribution is 5.80. The molecule has 0 saturated carbocycles. The van der Waals surface area contributed by atoms with Crippen molar-refractivity contribution < 1.29 is 4.74 Å². The first-order valence-corrected chi connectivity index (χ1v) is 10.6. The lowest BCUT2D eigenvalue weighted by Gasteiger charge is -2.23. The van der Waals surface area contributed by atoms with Gasteiger partial charge in [-0.2, -0.15) is 0 Å². The maximum Gasteiger partial charge on any atom is 0.193 e. The number of nitrogens with zero attached hydrogens (tertiary/aromatic N) is 4. The number of nitrogens with one attached hydrogen (secondary N) is 1. The highest BCUT2D eigenvalue weighted by Gasteiger charge is 2.53. The van der Waals surface area contributed by atoms with Crippen LogP contribution in [0.5, 0.6) is 0 Å². The van der Waals surface area contributed by atoms with Gasteiger partial charge in [0.25, 0.3) is 0 Å². The second kappa shape index (κ2) is 6.87. The molecular formula is C20H31N5O. The number of rotatable bonds is 4. The number of imidazole rings is 1. The summed E-state index contributed by atoms with van der Waals surface area (Å²) in [5.41, 5.74) is 1.20. The van der Waals surface area contributed by atoms with Crippen molar-refractivity contribution in [1.82, 2.24) is 19.8 Å². The molecule has 1 N–H and O–H groups in total. The van der Waals surface area contributed by atoms with Crippen LogP contribution in [-0.2, 0) is 24.1 Å². The van der Waals surface area contributed by atoms with E-state index in [4.69, 9.17) is 14.7 Å². The first kappa shape index (κ1) is 16.6. The Bertz CT molecular complexity index is 642. The molecule has 6 nitrogen and oxygen atoms in total. The minimum Gasteiger partial charge on any atom is -0.374 e. The Labute approximate surface area is 156 Å². The fourth-order valence-corrected chi connectivity index (χ4v) is 5.43. The van der Waals surface area contributed by atoms with Gasteiger partial charge < -0.3 is 19.5 Å². The van der Waals surface area contributed by atoms with E-state index in [1.807, 2.05) is 0 Å². The summed E-state index contributed by atoms with van der Waals surface area (Å²) in [7, 11) is 0. The molecule has 3 fully saturated rings. The van der Waals surface area contributed by atoms with E-state index in [2.05, 4.69) is 27.9 Å². The van der Waals surface area contributed by atoms with E-state index in [9.17, 15) is 0 Å². The largest absolute Gasteiger partial charge is 0.374 e.